The molecule has 0 saturated carbocycles. The van der Waals surface area contributed by atoms with Crippen LogP contribution in [0.5, 0.6) is 5.75 Å². The molecule has 0 bridgehead atoms. The van der Waals surface area contributed by atoms with Gasteiger partial charge < -0.3 is 9.47 Å². The Morgan fingerprint density at radius 2 is 1.73 bits per heavy atom. The van der Waals surface area contributed by atoms with Crippen molar-refractivity contribution in [3.8, 4) is 5.75 Å². The lowest BCUT2D eigenvalue weighted by atomic mass is 10.1. The normalized spacial score (nSPS) is 15.6. The van der Waals surface area contributed by atoms with Crippen LogP contribution in [-0.4, -0.2) is 19.0 Å². The molecule has 4 nitrogen and oxygen atoms in total. The van der Waals surface area contributed by atoms with Gasteiger partial charge >= 0.3 is 5.97 Å². The number of hydrogen-bond donors (Lipinski definition) is 0. The number of methoxy groups -OCH3 is 1. The van der Waals surface area contributed by atoms with Crippen molar-refractivity contribution < 1.29 is 14.3 Å². The first-order chi connectivity index (χ1) is 10.7. The number of esters is 1. The van der Waals surface area contributed by atoms with Crippen molar-refractivity contribution in [1.29, 1.82) is 0 Å². The Morgan fingerprint density at radius 3 is 2.36 bits per heavy atom. The fraction of sp³-hybridized carbons (Fsp3) is 0.111. The molecule has 22 heavy (non-hydrogen) atoms. The Morgan fingerprint density at radius 1 is 1.05 bits per heavy atom. The maximum Gasteiger partial charge on any atom is 0.363 e. The number of rotatable bonds is 3. The summed E-state index contributed by atoms with van der Waals surface area (Å²) in [5.41, 5.74) is 3.09. The fourth-order valence-corrected chi connectivity index (χ4v) is 2.09. The molecule has 110 valence electrons. The molecule has 1 aliphatic rings. The summed E-state index contributed by atoms with van der Waals surface area (Å²) in [5.74, 6) is 0.663. The number of carbonyl (C=O) groups is 1. The molecule has 1 aliphatic heterocycles. The summed E-state index contributed by atoms with van der Waals surface area (Å²) in [5, 5.41) is 0. The molecular formula is C18H15NO3. The third kappa shape index (κ3) is 2.91. The van der Waals surface area contributed by atoms with Crippen LogP contribution < -0.4 is 4.74 Å². The van der Waals surface area contributed by atoms with E-state index in [4.69, 9.17) is 9.47 Å². The molecule has 0 aliphatic carbocycles. The topological polar surface area (TPSA) is 47.9 Å². The smallest absolute Gasteiger partial charge is 0.363 e. The van der Waals surface area contributed by atoms with Crippen LogP contribution in [0.2, 0.25) is 0 Å². The summed E-state index contributed by atoms with van der Waals surface area (Å²) in [4.78, 5) is 16.2. The van der Waals surface area contributed by atoms with Crippen LogP contribution >= 0.6 is 0 Å². The molecule has 0 spiro atoms. The van der Waals surface area contributed by atoms with Gasteiger partial charge in [0, 0.05) is 5.56 Å². The maximum absolute atomic E-state index is 11.9. The second-order valence-electron chi connectivity index (χ2n) is 4.98. The van der Waals surface area contributed by atoms with Gasteiger partial charge in [-0.2, -0.15) is 0 Å². The Bertz CT molecular complexity index is 756. The maximum atomic E-state index is 11.9. The Balaban J connectivity index is 1.88. The van der Waals surface area contributed by atoms with Crippen molar-refractivity contribution in [2.24, 2.45) is 4.99 Å². The van der Waals surface area contributed by atoms with Gasteiger partial charge in [-0.15, -0.1) is 0 Å². The lowest BCUT2D eigenvalue weighted by molar-refractivity contribution is -0.129. The minimum Gasteiger partial charge on any atom is -0.497 e. The highest BCUT2D eigenvalue weighted by atomic mass is 16.6. The third-order valence-electron chi connectivity index (χ3n) is 3.34. The van der Waals surface area contributed by atoms with E-state index in [9.17, 15) is 4.79 Å². The van der Waals surface area contributed by atoms with Gasteiger partial charge in [-0.05, 0) is 42.8 Å². The number of benzene rings is 2. The monoisotopic (exact) mass is 293 g/mol. The van der Waals surface area contributed by atoms with Crippen LogP contribution in [0.4, 0.5) is 0 Å². The first-order valence-electron chi connectivity index (χ1n) is 6.89. The van der Waals surface area contributed by atoms with Crippen molar-refractivity contribution in [3.63, 3.8) is 0 Å². The van der Waals surface area contributed by atoms with Crippen LogP contribution in [0.1, 0.15) is 16.7 Å². The third-order valence-corrected chi connectivity index (χ3v) is 3.34. The first kappa shape index (κ1) is 14.1. The van der Waals surface area contributed by atoms with Gasteiger partial charge in [0.2, 0.25) is 5.90 Å². The highest BCUT2D eigenvalue weighted by molar-refractivity contribution is 6.12. The summed E-state index contributed by atoms with van der Waals surface area (Å²) in [6, 6.07) is 15.1. The number of aryl methyl sites for hydroxylation is 1. The van der Waals surface area contributed by atoms with E-state index in [1.807, 2.05) is 55.5 Å². The van der Waals surface area contributed by atoms with Crippen molar-refractivity contribution in [1.82, 2.24) is 0 Å². The largest absolute Gasteiger partial charge is 0.497 e. The molecule has 0 amide bonds. The lowest BCUT2D eigenvalue weighted by Crippen LogP contribution is -2.05. The molecule has 3 rings (SSSR count). The summed E-state index contributed by atoms with van der Waals surface area (Å²) >= 11 is 0. The molecule has 0 saturated heterocycles. The van der Waals surface area contributed by atoms with Crippen molar-refractivity contribution in [3.05, 3.63) is 70.9 Å². The summed E-state index contributed by atoms with van der Waals surface area (Å²) in [7, 11) is 1.61. The van der Waals surface area contributed by atoms with E-state index < -0.39 is 5.97 Å². The van der Waals surface area contributed by atoms with E-state index in [2.05, 4.69) is 4.99 Å². The molecule has 0 unspecified atom stereocenters. The van der Waals surface area contributed by atoms with Crippen LogP contribution in [-0.2, 0) is 9.53 Å². The molecule has 2 aromatic carbocycles. The zero-order chi connectivity index (χ0) is 15.5. The van der Waals surface area contributed by atoms with Gasteiger partial charge in [0.15, 0.2) is 5.70 Å². The van der Waals surface area contributed by atoms with Crippen LogP contribution in [0.3, 0.4) is 0 Å². The predicted octanol–water partition coefficient (Wildman–Crippen LogP) is 3.35. The minimum absolute atomic E-state index is 0.292. The van der Waals surface area contributed by atoms with Gasteiger partial charge in [-0.25, -0.2) is 9.79 Å². The molecule has 4 heteroatoms. The second kappa shape index (κ2) is 5.85. The van der Waals surface area contributed by atoms with Crippen molar-refractivity contribution >= 4 is 17.9 Å². The summed E-state index contributed by atoms with van der Waals surface area (Å²) in [6.45, 7) is 2.00. The van der Waals surface area contributed by atoms with Gasteiger partial charge in [0.25, 0.3) is 0 Å². The lowest BCUT2D eigenvalue weighted by Gasteiger charge is -1.99. The molecule has 0 radical (unpaired) electrons. The van der Waals surface area contributed by atoms with E-state index in [0.29, 0.717) is 11.6 Å². The van der Waals surface area contributed by atoms with Gasteiger partial charge in [0.05, 0.1) is 7.11 Å². The molecule has 2 aromatic rings. The second-order valence-corrected chi connectivity index (χ2v) is 4.98. The Hall–Kier alpha value is -2.88. The number of nitrogens with zero attached hydrogens (tertiary/aromatic N) is 1. The van der Waals surface area contributed by atoms with Gasteiger partial charge in [0.1, 0.15) is 5.75 Å². The molecule has 0 aromatic heterocycles. The number of carbonyl (C=O) groups excluding carboxylic acids is 1. The fourth-order valence-electron chi connectivity index (χ4n) is 2.09. The Kier molecular flexibility index (Phi) is 3.74. The molecular weight excluding hydrogens is 278 g/mol. The van der Waals surface area contributed by atoms with Crippen LogP contribution in [0, 0.1) is 6.92 Å². The van der Waals surface area contributed by atoms with Gasteiger partial charge in [-0.3, -0.25) is 0 Å². The van der Waals surface area contributed by atoms with Crippen molar-refractivity contribution in [2.45, 2.75) is 6.92 Å². The molecule has 0 fully saturated rings. The Labute approximate surface area is 128 Å². The zero-order valence-corrected chi connectivity index (χ0v) is 12.4. The zero-order valence-electron chi connectivity index (χ0n) is 12.4. The van der Waals surface area contributed by atoms with E-state index in [-0.39, 0.29) is 0 Å². The van der Waals surface area contributed by atoms with E-state index in [1.165, 1.54) is 0 Å². The molecule has 0 atom stereocenters. The molecule has 1 heterocycles. The standard InChI is InChI=1S/C18H15NO3/c1-12-3-7-14(8-4-12)17-19-16(18(20)22-17)11-13-5-9-15(21-2)10-6-13/h3-11H,1-2H3/b16-11+. The number of hydrogen-bond acceptors (Lipinski definition) is 4. The number of ether oxygens (including phenoxy) is 2. The van der Waals surface area contributed by atoms with Crippen LogP contribution in [0.15, 0.2) is 59.2 Å². The SMILES string of the molecule is COc1ccc(/C=C2/N=C(c3ccc(C)cc3)OC2=O)cc1. The number of cyclic esters (lactones) is 1. The summed E-state index contributed by atoms with van der Waals surface area (Å²) < 4.78 is 10.3. The molecule has 0 N–H and O–H groups in total. The first-order valence-corrected chi connectivity index (χ1v) is 6.89. The van der Waals surface area contributed by atoms with Crippen LogP contribution in [0.25, 0.3) is 6.08 Å². The predicted molar refractivity (Wildman–Crippen MR) is 84.8 cm³/mol. The van der Waals surface area contributed by atoms with Gasteiger partial charge in [-0.1, -0.05) is 29.8 Å². The van der Waals surface area contributed by atoms with Crippen molar-refractivity contribution in [2.75, 3.05) is 7.11 Å². The highest BCUT2D eigenvalue weighted by Gasteiger charge is 2.23. The average molecular weight is 293 g/mol. The van der Waals surface area contributed by atoms with E-state index >= 15 is 0 Å². The van der Waals surface area contributed by atoms with E-state index in [0.717, 1.165) is 22.4 Å². The highest BCUT2D eigenvalue weighted by Crippen LogP contribution is 2.20. The average Bonchev–Trinajstić information content (AvgIpc) is 2.90. The quantitative estimate of drug-likeness (QED) is 0.644. The minimum atomic E-state index is -0.439. The number of aliphatic imine (C=N–C) groups is 1. The summed E-state index contributed by atoms with van der Waals surface area (Å²) in [6.07, 6.45) is 1.70. The van der Waals surface area contributed by atoms with E-state index in [1.54, 1.807) is 13.2 Å².